The molecule has 0 aromatic carbocycles. The quantitative estimate of drug-likeness (QED) is 0.359. The molecule has 1 fully saturated rings. The predicted molar refractivity (Wildman–Crippen MR) is 71.6 cm³/mol. The molecule has 0 saturated carbocycles. The van der Waals surface area contributed by atoms with Crippen LogP contribution in [0.4, 0.5) is 5.69 Å². The summed E-state index contributed by atoms with van der Waals surface area (Å²) in [6.07, 6.45) is 1.11. The van der Waals surface area contributed by atoms with Gasteiger partial charge in [0.1, 0.15) is 11.3 Å². The van der Waals surface area contributed by atoms with E-state index in [9.17, 15) is 10.1 Å². The Bertz CT molecular complexity index is 519. The molecule has 0 N–H and O–H groups in total. The van der Waals surface area contributed by atoms with Crippen molar-refractivity contribution in [3.05, 3.63) is 27.5 Å². The molecule has 1 aliphatic rings. The second-order valence-electron chi connectivity index (χ2n) is 5.42. The maximum absolute atomic E-state index is 10.8. The Kier molecular flexibility index (Phi) is 3.32. The van der Waals surface area contributed by atoms with E-state index in [0.717, 1.165) is 6.20 Å². The first-order chi connectivity index (χ1) is 8.64. The Labute approximate surface area is 116 Å². The second-order valence-corrected chi connectivity index (χ2v) is 5.78. The molecule has 0 radical (unpaired) electrons. The molecule has 19 heavy (non-hydrogen) atoms. The molecule has 2 rings (SSSR count). The lowest BCUT2D eigenvalue weighted by Gasteiger charge is -2.32. The molecular weight excluding hydrogens is 270 g/mol. The largest absolute Gasteiger partial charge is 0.498 e. The van der Waals surface area contributed by atoms with Crippen molar-refractivity contribution in [3.8, 4) is 0 Å². The third-order valence-electron chi connectivity index (χ3n) is 3.57. The van der Waals surface area contributed by atoms with Crippen molar-refractivity contribution < 1.29 is 14.2 Å². The van der Waals surface area contributed by atoms with Gasteiger partial charge in [-0.25, -0.2) is 4.98 Å². The number of rotatable bonds is 2. The molecule has 102 valence electrons. The summed E-state index contributed by atoms with van der Waals surface area (Å²) in [6.45, 7) is 7.58. The maximum atomic E-state index is 10.8. The minimum atomic E-state index is -0.759. The first kappa shape index (κ1) is 14.2. The Balaban J connectivity index is 2.39. The van der Waals surface area contributed by atoms with E-state index in [2.05, 4.69) is 4.98 Å². The summed E-state index contributed by atoms with van der Waals surface area (Å²) in [5.74, 6) is 0. The minimum absolute atomic E-state index is 0.143. The average molecular weight is 285 g/mol. The van der Waals surface area contributed by atoms with Crippen molar-refractivity contribution >= 4 is 29.9 Å². The van der Waals surface area contributed by atoms with Crippen LogP contribution in [0.1, 0.15) is 27.7 Å². The van der Waals surface area contributed by atoms with Crippen LogP contribution in [0.5, 0.6) is 0 Å². The van der Waals surface area contributed by atoms with E-state index < -0.39 is 23.2 Å². The first-order valence-electron chi connectivity index (χ1n) is 5.79. The van der Waals surface area contributed by atoms with Crippen LogP contribution in [0, 0.1) is 10.1 Å². The molecule has 2 heterocycles. The van der Waals surface area contributed by atoms with Crippen molar-refractivity contribution in [2.24, 2.45) is 0 Å². The average Bonchev–Trinajstić information content (AvgIpc) is 2.48. The predicted octanol–water partition coefficient (Wildman–Crippen LogP) is 1.94. The summed E-state index contributed by atoms with van der Waals surface area (Å²) in [7, 11) is -0.759. The van der Waals surface area contributed by atoms with E-state index in [1.165, 1.54) is 6.07 Å². The molecule has 1 saturated heterocycles. The standard InChI is InChI=1S/C11H14BClN2O4/c1-10(2)11(3,4)19-12(18-10)8-5-7(15(16)17)6-14-9(8)13/h5-6H,1-4H3. The second kappa shape index (κ2) is 4.43. The number of hydrogen-bond acceptors (Lipinski definition) is 5. The molecule has 0 spiro atoms. The fourth-order valence-corrected chi connectivity index (χ4v) is 1.88. The van der Waals surface area contributed by atoms with Crippen LogP contribution in [0.2, 0.25) is 5.15 Å². The highest BCUT2D eigenvalue weighted by atomic mass is 35.5. The van der Waals surface area contributed by atoms with E-state index >= 15 is 0 Å². The van der Waals surface area contributed by atoms with Crippen LogP contribution < -0.4 is 5.46 Å². The fourth-order valence-electron chi connectivity index (χ4n) is 1.69. The Hall–Kier alpha value is -1.18. The maximum Gasteiger partial charge on any atom is 0.498 e. The Morgan fingerprint density at radius 3 is 2.32 bits per heavy atom. The van der Waals surface area contributed by atoms with Gasteiger partial charge in [-0.1, -0.05) is 11.6 Å². The summed E-state index contributed by atoms with van der Waals surface area (Å²) in [5, 5.41) is 10.9. The van der Waals surface area contributed by atoms with Crippen molar-refractivity contribution in [1.29, 1.82) is 0 Å². The lowest BCUT2D eigenvalue weighted by Crippen LogP contribution is -2.41. The van der Waals surface area contributed by atoms with E-state index in [1.807, 2.05) is 27.7 Å². The molecule has 0 amide bonds. The molecule has 0 aliphatic carbocycles. The van der Waals surface area contributed by atoms with Crippen molar-refractivity contribution in [2.75, 3.05) is 0 Å². The lowest BCUT2D eigenvalue weighted by molar-refractivity contribution is -0.385. The van der Waals surface area contributed by atoms with Crippen molar-refractivity contribution in [2.45, 2.75) is 38.9 Å². The Morgan fingerprint density at radius 2 is 1.84 bits per heavy atom. The highest BCUT2D eigenvalue weighted by Crippen LogP contribution is 2.37. The molecule has 1 aliphatic heterocycles. The van der Waals surface area contributed by atoms with Crippen LogP contribution in [0.15, 0.2) is 12.3 Å². The van der Waals surface area contributed by atoms with Crippen molar-refractivity contribution in [3.63, 3.8) is 0 Å². The van der Waals surface area contributed by atoms with Gasteiger partial charge in [-0.2, -0.15) is 0 Å². The van der Waals surface area contributed by atoms with Crippen LogP contribution in [-0.4, -0.2) is 28.2 Å². The van der Waals surface area contributed by atoms with Gasteiger partial charge in [-0.15, -0.1) is 0 Å². The number of hydrogen-bond donors (Lipinski definition) is 0. The van der Waals surface area contributed by atoms with Gasteiger partial charge >= 0.3 is 7.12 Å². The van der Waals surface area contributed by atoms with E-state index in [0.29, 0.717) is 5.46 Å². The SMILES string of the molecule is CC1(C)OB(c2cc([N+](=O)[O-])cnc2Cl)OC1(C)C. The third-order valence-corrected chi connectivity index (χ3v) is 3.89. The zero-order valence-corrected chi connectivity index (χ0v) is 11.9. The van der Waals surface area contributed by atoms with Gasteiger partial charge in [0.05, 0.1) is 16.1 Å². The summed E-state index contributed by atoms with van der Waals surface area (Å²) in [6, 6.07) is 1.33. The highest BCUT2D eigenvalue weighted by Gasteiger charge is 2.52. The van der Waals surface area contributed by atoms with Gasteiger partial charge in [-0.3, -0.25) is 10.1 Å². The molecule has 1 aromatic rings. The molecule has 0 atom stereocenters. The van der Waals surface area contributed by atoms with E-state index in [4.69, 9.17) is 20.9 Å². The number of nitrogens with zero attached hydrogens (tertiary/aromatic N) is 2. The number of pyridine rings is 1. The van der Waals surface area contributed by atoms with E-state index in [1.54, 1.807) is 0 Å². The van der Waals surface area contributed by atoms with Gasteiger partial charge in [-0.05, 0) is 27.7 Å². The fraction of sp³-hybridized carbons (Fsp3) is 0.545. The summed E-state index contributed by atoms with van der Waals surface area (Å²) < 4.78 is 11.6. The number of aromatic nitrogens is 1. The molecule has 0 unspecified atom stereocenters. The van der Waals surface area contributed by atoms with Crippen LogP contribution in [-0.2, 0) is 9.31 Å². The molecule has 6 nitrogen and oxygen atoms in total. The molecule has 0 bridgehead atoms. The van der Waals surface area contributed by atoms with Crippen LogP contribution in [0.25, 0.3) is 0 Å². The third kappa shape index (κ3) is 2.45. The molecule has 1 aromatic heterocycles. The topological polar surface area (TPSA) is 74.5 Å². The zero-order chi connectivity index (χ0) is 14.4. The van der Waals surface area contributed by atoms with Crippen LogP contribution in [0.3, 0.4) is 0 Å². The Morgan fingerprint density at radius 1 is 1.32 bits per heavy atom. The highest BCUT2D eigenvalue weighted by molar-refractivity contribution is 6.65. The van der Waals surface area contributed by atoms with Gasteiger partial charge in [0.25, 0.3) is 5.69 Å². The normalized spacial score (nSPS) is 20.6. The van der Waals surface area contributed by atoms with Gasteiger partial charge < -0.3 is 9.31 Å². The first-order valence-corrected chi connectivity index (χ1v) is 6.17. The van der Waals surface area contributed by atoms with E-state index in [-0.39, 0.29) is 10.8 Å². The molecular formula is C11H14BClN2O4. The lowest BCUT2D eigenvalue weighted by atomic mass is 9.80. The van der Waals surface area contributed by atoms with Gasteiger partial charge in [0.15, 0.2) is 0 Å². The monoisotopic (exact) mass is 284 g/mol. The smallest absolute Gasteiger partial charge is 0.399 e. The van der Waals surface area contributed by atoms with Crippen LogP contribution >= 0.6 is 11.6 Å². The number of nitro groups is 1. The van der Waals surface area contributed by atoms with Gasteiger partial charge in [0.2, 0.25) is 0 Å². The zero-order valence-electron chi connectivity index (χ0n) is 11.1. The van der Waals surface area contributed by atoms with Gasteiger partial charge in [0, 0.05) is 11.5 Å². The summed E-state index contributed by atoms with van der Waals surface area (Å²) in [4.78, 5) is 14.0. The minimum Gasteiger partial charge on any atom is -0.399 e. The summed E-state index contributed by atoms with van der Waals surface area (Å²) in [5.41, 5.74) is -0.847. The summed E-state index contributed by atoms with van der Waals surface area (Å²) >= 11 is 5.97. The van der Waals surface area contributed by atoms with Crippen molar-refractivity contribution in [1.82, 2.24) is 4.98 Å². The number of halogens is 1. The molecule has 8 heteroatoms.